The summed E-state index contributed by atoms with van der Waals surface area (Å²) in [7, 11) is 0. The fourth-order valence-electron chi connectivity index (χ4n) is 2.02. The van der Waals surface area contributed by atoms with Gasteiger partial charge in [0, 0.05) is 18.4 Å². The van der Waals surface area contributed by atoms with Gasteiger partial charge in [-0.15, -0.1) is 0 Å². The van der Waals surface area contributed by atoms with Crippen LogP contribution in [0.2, 0.25) is 0 Å². The molecule has 0 amide bonds. The number of hydrogen-bond acceptors (Lipinski definition) is 2. The summed E-state index contributed by atoms with van der Waals surface area (Å²) in [5, 5.41) is 3.66. The Morgan fingerprint density at radius 2 is 2.12 bits per heavy atom. The molecule has 96 valence electrons. The van der Waals surface area contributed by atoms with E-state index in [1.54, 1.807) is 0 Å². The predicted octanol–water partition coefficient (Wildman–Crippen LogP) is 3.43. The zero-order chi connectivity index (χ0) is 12.7. The van der Waals surface area contributed by atoms with Gasteiger partial charge in [0.05, 0.1) is 0 Å². The number of aromatic nitrogens is 1. The van der Waals surface area contributed by atoms with Gasteiger partial charge >= 0.3 is 0 Å². The Bertz CT molecular complexity index is 300. The van der Waals surface area contributed by atoms with Gasteiger partial charge in [-0.1, -0.05) is 33.8 Å². The van der Waals surface area contributed by atoms with E-state index in [-0.39, 0.29) is 0 Å². The number of hydrogen-bond donors (Lipinski definition) is 1. The molecule has 0 aliphatic heterocycles. The zero-order valence-electron chi connectivity index (χ0n) is 11.7. The Morgan fingerprint density at radius 1 is 1.35 bits per heavy atom. The second-order valence-electron chi connectivity index (χ2n) is 5.77. The van der Waals surface area contributed by atoms with Crippen molar-refractivity contribution < 1.29 is 0 Å². The maximum Gasteiger partial charge on any atom is 0.0299 e. The largest absolute Gasteiger partial charge is 0.313 e. The van der Waals surface area contributed by atoms with Gasteiger partial charge in [-0.05, 0) is 42.9 Å². The van der Waals surface area contributed by atoms with E-state index in [9.17, 15) is 0 Å². The van der Waals surface area contributed by atoms with Crippen LogP contribution in [-0.2, 0) is 6.42 Å². The zero-order valence-corrected chi connectivity index (χ0v) is 11.7. The van der Waals surface area contributed by atoms with Crippen LogP contribution in [0.15, 0.2) is 24.5 Å². The molecular formula is C15H26N2. The van der Waals surface area contributed by atoms with E-state index >= 15 is 0 Å². The number of nitrogens with one attached hydrogen (secondary N) is 1. The quantitative estimate of drug-likeness (QED) is 0.815. The Morgan fingerprint density at radius 3 is 2.65 bits per heavy atom. The number of nitrogens with zero attached hydrogens (tertiary/aromatic N) is 1. The van der Waals surface area contributed by atoms with Crippen molar-refractivity contribution in [1.82, 2.24) is 10.3 Å². The van der Waals surface area contributed by atoms with Gasteiger partial charge in [-0.25, -0.2) is 0 Å². The second-order valence-corrected chi connectivity index (χ2v) is 5.77. The standard InChI is InChI=1S/C15H26N2/c1-5-10-17-14(15(2,3)4)9-8-13-7-6-11-16-12-13/h6-7,11-12,14,17H,5,8-10H2,1-4H3. The van der Waals surface area contributed by atoms with Crippen LogP contribution < -0.4 is 5.32 Å². The molecule has 0 fully saturated rings. The molecular weight excluding hydrogens is 208 g/mol. The second kappa shape index (κ2) is 6.75. The van der Waals surface area contributed by atoms with Gasteiger partial charge in [-0.3, -0.25) is 4.98 Å². The van der Waals surface area contributed by atoms with Crippen molar-refractivity contribution in [2.75, 3.05) is 6.54 Å². The van der Waals surface area contributed by atoms with Crippen molar-refractivity contribution >= 4 is 0 Å². The normalized spacial score (nSPS) is 13.6. The third kappa shape index (κ3) is 5.31. The molecule has 1 aromatic heterocycles. The minimum absolute atomic E-state index is 0.317. The highest BCUT2D eigenvalue weighted by molar-refractivity contribution is 5.08. The maximum atomic E-state index is 4.17. The van der Waals surface area contributed by atoms with Gasteiger partial charge in [0.1, 0.15) is 0 Å². The van der Waals surface area contributed by atoms with Gasteiger partial charge in [-0.2, -0.15) is 0 Å². The number of rotatable bonds is 6. The summed E-state index contributed by atoms with van der Waals surface area (Å²) in [4.78, 5) is 4.17. The molecule has 1 aromatic rings. The molecule has 1 atom stereocenters. The molecule has 17 heavy (non-hydrogen) atoms. The highest BCUT2D eigenvalue weighted by Crippen LogP contribution is 2.23. The average Bonchev–Trinajstić information content (AvgIpc) is 2.29. The molecule has 0 aliphatic rings. The molecule has 0 saturated carbocycles. The molecule has 1 rings (SSSR count). The molecule has 1 unspecified atom stereocenters. The lowest BCUT2D eigenvalue weighted by Gasteiger charge is -2.31. The van der Waals surface area contributed by atoms with Crippen LogP contribution in [-0.4, -0.2) is 17.6 Å². The monoisotopic (exact) mass is 234 g/mol. The highest BCUT2D eigenvalue weighted by Gasteiger charge is 2.23. The van der Waals surface area contributed by atoms with Crippen LogP contribution in [0.1, 0.15) is 46.1 Å². The first-order chi connectivity index (χ1) is 8.04. The molecule has 2 nitrogen and oxygen atoms in total. The molecule has 0 radical (unpaired) electrons. The summed E-state index contributed by atoms with van der Waals surface area (Å²) >= 11 is 0. The SMILES string of the molecule is CCCNC(CCc1cccnc1)C(C)(C)C. The lowest BCUT2D eigenvalue weighted by Crippen LogP contribution is -2.41. The first kappa shape index (κ1) is 14.2. The number of pyridine rings is 1. The van der Waals surface area contributed by atoms with Crippen LogP contribution >= 0.6 is 0 Å². The van der Waals surface area contributed by atoms with Crippen LogP contribution in [0.25, 0.3) is 0 Å². The van der Waals surface area contributed by atoms with Crippen LogP contribution in [0, 0.1) is 5.41 Å². The fourth-order valence-corrected chi connectivity index (χ4v) is 2.02. The van der Waals surface area contributed by atoms with E-state index in [4.69, 9.17) is 0 Å². The third-order valence-corrected chi connectivity index (χ3v) is 3.13. The summed E-state index contributed by atoms with van der Waals surface area (Å²) in [5.41, 5.74) is 1.65. The topological polar surface area (TPSA) is 24.9 Å². The van der Waals surface area contributed by atoms with Crippen molar-refractivity contribution in [2.24, 2.45) is 5.41 Å². The minimum atomic E-state index is 0.317. The molecule has 0 bridgehead atoms. The van der Waals surface area contributed by atoms with E-state index in [1.807, 2.05) is 18.5 Å². The number of aryl methyl sites for hydroxylation is 1. The van der Waals surface area contributed by atoms with Gasteiger partial charge in [0.2, 0.25) is 0 Å². The van der Waals surface area contributed by atoms with E-state index in [2.05, 4.69) is 44.1 Å². The molecule has 0 aliphatic carbocycles. The average molecular weight is 234 g/mol. The fraction of sp³-hybridized carbons (Fsp3) is 0.667. The van der Waals surface area contributed by atoms with E-state index < -0.39 is 0 Å². The molecule has 0 aromatic carbocycles. The van der Waals surface area contributed by atoms with Crippen molar-refractivity contribution in [2.45, 2.75) is 53.0 Å². The Balaban J connectivity index is 2.49. The van der Waals surface area contributed by atoms with Crippen LogP contribution in [0.4, 0.5) is 0 Å². The molecule has 0 spiro atoms. The Kier molecular flexibility index (Phi) is 5.63. The predicted molar refractivity (Wildman–Crippen MR) is 74.1 cm³/mol. The molecule has 1 heterocycles. The van der Waals surface area contributed by atoms with Gasteiger partial charge < -0.3 is 5.32 Å². The Labute approximate surface area is 106 Å². The highest BCUT2D eigenvalue weighted by atomic mass is 14.9. The van der Waals surface area contributed by atoms with Gasteiger partial charge in [0.25, 0.3) is 0 Å². The summed E-state index contributed by atoms with van der Waals surface area (Å²) in [5.74, 6) is 0. The lowest BCUT2D eigenvalue weighted by atomic mass is 9.83. The molecule has 1 N–H and O–H groups in total. The summed E-state index contributed by atoms with van der Waals surface area (Å²) in [6.07, 6.45) is 7.28. The molecule has 2 heteroatoms. The van der Waals surface area contributed by atoms with Crippen molar-refractivity contribution in [3.8, 4) is 0 Å². The molecule has 0 saturated heterocycles. The van der Waals surface area contributed by atoms with Crippen molar-refractivity contribution in [1.29, 1.82) is 0 Å². The van der Waals surface area contributed by atoms with E-state index in [1.165, 1.54) is 18.4 Å². The summed E-state index contributed by atoms with van der Waals surface area (Å²) in [6, 6.07) is 4.75. The van der Waals surface area contributed by atoms with E-state index in [0.717, 1.165) is 13.0 Å². The van der Waals surface area contributed by atoms with E-state index in [0.29, 0.717) is 11.5 Å². The Hall–Kier alpha value is -0.890. The van der Waals surface area contributed by atoms with Crippen molar-refractivity contribution in [3.05, 3.63) is 30.1 Å². The first-order valence-electron chi connectivity index (χ1n) is 6.66. The maximum absolute atomic E-state index is 4.17. The smallest absolute Gasteiger partial charge is 0.0299 e. The summed E-state index contributed by atoms with van der Waals surface area (Å²) < 4.78 is 0. The minimum Gasteiger partial charge on any atom is -0.313 e. The summed E-state index contributed by atoms with van der Waals surface area (Å²) in [6.45, 7) is 10.2. The van der Waals surface area contributed by atoms with Crippen LogP contribution in [0.5, 0.6) is 0 Å². The van der Waals surface area contributed by atoms with Crippen molar-refractivity contribution in [3.63, 3.8) is 0 Å². The van der Waals surface area contributed by atoms with Gasteiger partial charge in [0.15, 0.2) is 0 Å². The van der Waals surface area contributed by atoms with Crippen LogP contribution in [0.3, 0.4) is 0 Å². The first-order valence-corrected chi connectivity index (χ1v) is 6.66. The lowest BCUT2D eigenvalue weighted by molar-refractivity contribution is 0.255. The third-order valence-electron chi connectivity index (χ3n) is 3.13.